The van der Waals surface area contributed by atoms with Crippen LogP contribution in [0.2, 0.25) is 0 Å². The van der Waals surface area contributed by atoms with Crippen molar-refractivity contribution in [2.75, 3.05) is 33.4 Å². The molecular weight excluding hydrogens is 128 g/mol. The second-order valence-electron chi connectivity index (χ2n) is 3.64. The van der Waals surface area contributed by atoms with Gasteiger partial charge in [0.1, 0.15) is 0 Å². The zero-order valence-electron chi connectivity index (χ0n) is 6.34. The van der Waals surface area contributed by atoms with Crippen LogP contribution in [0.1, 0.15) is 0 Å². The molecule has 0 spiro atoms. The van der Waals surface area contributed by atoms with Gasteiger partial charge in [-0.1, -0.05) is 0 Å². The highest BCUT2D eigenvalue weighted by molar-refractivity contribution is 5.03. The number of fused-ring (bicyclic) bond motifs is 1. The first-order chi connectivity index (χ1) is 4.71. The lowest BCUT2D eigenvalue weighted by atomic mass is 9.92. The second-order valence-corrected chi connectivity index (χ2v) is 3.64. The molecule has 2 heterocycles. The van der Waals surface area contributed by atoms with Gasteiger partial charge >= 0.3 is 0 Å². The van der Waals surface area contributed by atoms with E-state index in [0.717, 1.165) is 26.3 Å². The smallest absolute Gasteiger partial charge is 0.0663 e. The van der Waals surface area contributed by atoms with E-state index in [4.69, 9.17) is 10.5 Å². The van der Waals surface area contributed by atoms with Gasteiger partial charge in [-0.05, 0) is 7.05 Å². The van der Waals surface area contributed by atoms with Gasteiger partial charge in [-0.2, -0.15) is 0 Å². The van der Waals surface area contributed by atoms with Gasteiger partial charge in [0.05, 0.1) is 18.8 Å². The van der Waals surface area contributed by atoms with Crippen molar-refractivity contribution in [1.29, 1.82) is 0 Å². The van der Waals surface area contributed by atoms with E-state index in [9.17, 15) is 0 Å². The van der Waals surface area contributed by atoms with Crippen LogP contribution in [0.3, 0.4) is 0 Å². The van der Waals surface area contributed by atoms with E-state index < -0.39 is 0 Å². The highest BCUT2D eigenvalue weighted by Crippen LogP contribution is 2.29. The fraction of sp³-hybridized carbons (Fsp3) is 1.00. The summed E-state index contributed by atoms with van der Waals surface area (Å²) in [5.41, 5.74) is 6.07. The van der Waals surface area contributed by atoms with Crippen LogP contribution >= 0.6 is 0 Å². The number of ether oxygens (including phenoxy) is 1. The Bertz CT molecular complexity index is 151. The van der Waals surface area contributed by atoms with Crippen molar-refractivity contribution >= 4 is 0 Å². The quantitative estimate of drug-likeness (QED) is 0.485. The molecule has 0 amide bonds. The molecule has 2 atom stereocenters. The van der Waals surface area contributed by atoms with Crippen molar-refractivity contribution in [3.05, 3.63) is 0 Å². The molecule has 58 valence electrons. The third-order valence-corrected chi connectivity index (χ3v) is 2.60. The molecule has 0 aromatic rings. The minimum absolute atomic E-state index is 0.0191. The largest absolute Gasteiger partial charge is 0.379 e. The molecule has 2 N–H and O–H groups in total. The van der Waals surface area contributed by atoms with E-state index in [2.05, 4.69) is 11.9 Å². The molecule has 0 saturated carbocycles. The fourth-order valence-corrected chi connectivity index (χ4v) is 2.03. The molecule has 2 unspecified atom stereocenters. The summed E-state index contributed by atoms with van der Waals surface area (Å²) in [6.45, 7) is 3.72. The molecule has 0 aromatic heterocycles. The predicted molar refractivity (Wildman–Crippen MR) is 38.7 cm³/mol. The van der Waals surface area contributed by atoms with Gasteiger partial charge in [-0.15, -0.1) is 0 Å². The van der Waals surface area contributed by atoms with E-state index in [1.165, 1.54) is 0 Å². The molecule has 10 heavy (non-hydrogen) atoms. The second kappa shape index (κ2) is 1.94. The molecule has 2 aliphatic heterocycles. The SMILES string of the molecule is CN1CC2COCC2(N)C1. The topological polar surface area (TPSA) is 38.5 Å². The molecule has 2 saturated heterocycles. The summed E-state index contributed by atoms with van der Waals surface area (Å²) in [5.74, 6) is 0.581. The van der Waals surface area contributed by atoms with Crippen molar-refractivity contribution in [2.24, 2.45) is 11.7 Å². The molecule has 2 fully saturated rings. The Morgan fingerprint density at radius 2 is 2.50 bits per heavy atom. The van der Waals surface area contributed by atoms with E-state index in [0.29, 0.717) is 5.92 Å². The van der Waals surface area contributed by atoms with Crippen molar-refractivity contribution in [3.8, 4) is 0 Å². The summed E-state index contributed by atoms with van der Waals surface area (Å²) < 4.78 is 5.31. The molecule has 0 radical (unpaired) electrons. The lowest BCUT2D eigenvalue weighted by Gasteiger charge is -2.19. The van der Waals surface area contributed by atoms with Crippen molar-refractivity contribution < 1.29 is 4.74 Å². The van der Waals surface area contributed by atoms with E-state index in [1.807, 2.05) is 0 Å². The highest BCUT2D eigenvalue weighted by Gasteiger charge is 2.46. The molecule has 0 aromatic carbocycles. The maximum atomic E-state index is 6.09. The minimum atomic E-state index is -0.0191. The first kappa shape index (κ1) is 6.58. The standard InChI is InChI=1S/C7H14N2O/c1-9-2-6-3-10-5-7(6,8)4-9/h6H,2-5,8H2,1H3. The van der Waals surface area contributed by atoms with Crippen LogP contribution in [0.25, 0.3) is 0 Å². The first-order valence-electron chi connectivity index (χ1n) is 3.76. The summed E-state index contributed by atoms with van der Waals surface area (Å²) >= 11 is 0. The monoisotopic (exact) mass is 142 g/mol. The van der Waals surface area contributed by atoms with Crippen LogP contribution in [0.5, 0.6) is 0 Å². The summed E-state index contributed by atoms with van der Waals surface area (Å²) in [6.07, 6.45) is 0. The lowest BCUT2D eigenvalue weighted by Crippen LogP contribution is -2.47. The Kier molecular flexibility index (Phi) is 1.27. The Morgan fingerprint density at radius 3 is 3.20 bits per heavy atom. The summed E-state index contributed by atoms with van der Waals surface area (Å²) in [7, 11) is 2.12. The van der Waals surface area contributed by atoms with Crippen LogP contribution in [-0.4, -0.2) is 43.8 Å². The van der Waals surface area contributed by atoms with E-state index in [1.54, 1.807) is 0 Å². The molecule has 3 heteroatoms. The van der Waals surface area contributed by atoms with Gasteiger partial charge in [-0.3, -0.25) is 0 Å². The van der Waals surface area contributed by atoms with Gasteiger partial charge in [0, 0.05) is 19.0 Å². The molecular formula is C7H14N2O. The Balaban J connectivity index is 2.15. The fourth-order valence-electron chi connectivity index (χ4n) is 2.03. The lowest BCUT2D eigenvalue weighted by molar-refractivity contribution is 0.155. The molecule has 0 bridgehead atoms. The van der Waals surface area contributed by atoms with E-state index >= 15 is 0 Å². The molecule has 3 nitrogen and oxygen atoms in total. The molecule has 2 aliphatic rings. The Hall–Kier alpha value is -0.120. The predicted octanol–water partition coefficient (Wildman–Crippen LogP) is -0.724. The Morgan fingerprint density at radius 1 is 1.70 bits per heavy atom. The number of likely N-dealkylation sites (tertiary alicyclic amines) is 1. The zero-order valence-corrected chi connectivity index (χ0v) is 6.34. The first-order valence-corrected chi connectivity index (χ1v) is 3.76. The highest BCUT2D eigenvalue weighted by atomic mass is 16.5. The van der Waals surface area contributed by atoms with Crippen LogP contribution in [0.4, 0.5) is 0 Å². The van der Waals surface area contributed by atoms with Gasteiger partial charge in [0.2, 0.25) is 0 Å². The van der Waals surface area contributed by atoms with Gasteiger partial charge < -0.3 is 15.4 Å². The molecule has 0 aliphatic carbocycles. The molecule has 2 rings (SSSR count). The maximum absolute atomic E-state index is 6.09. The van der Waals surface area contributed by atoms with Crippen molar-refractivity contribution in [1.82, 2.24) is 4.90 Å². The third-order valence-electron chi connectivity index (χ3n) is 2.60. The third kappa shape index (κ3) is 0.779. The number of hydrogen-bond donors (Lipinski definition) is 1. The van der Waals surface area contributed by atoms with Crippen LogP contribution < -0.4 is 5.73 Å². The minimum Gasteiger partial charge on any atom is -0.379 e. The summed E-state index contributed by atoms with van der Waals surface area (Å²) in [4.78, 5) is 2.28. The summed E-state index contributed by atoms with van der Waals surface area (Å²) in [6, 6.07) is 0. The number of hydrogen-bond acceptors (Lipinski definition) is 3. The zero-order chi connectivity index (χ0) is 7.19. The van der Waals surface area contributed by atoms with Crippen molar-refractivity contribution in [3.63, 3.8) is 0 Å². The average Bonchev–Trinajstić information content (AvgIpc) is 2.20. The average molecular weight is 142 g/mol. The van der Waals surface area contributed by atoms with Gasteiger partial charge in [0.25, 0.3) is 0 Å². The van der Waals surface area contributed by atoms with E-state index in [-0.39, 0.29) is 5.54 Å². The number of nitrogens with two attached hydrogens (primary N) is 1. The maximum Gasteiger partial charge on any atom is 0.0663 e. The number of rotatable bonds is 0. The van der Waals surface area contributed by atoms with Gasteiger partial charge in [-0.25, -0.2) is 0 Å². The Labute approximate surface area is 61.1 Å². The van der Waals surface area contributed by atoms with Crippen LogP contribution in [-0.2, 0) is 4.74 Å². The van der Waals surface area contributed by atoms with Crippen molar-refractivity contribution in [2.45, 2.75) is 5.54 Å². The normalized spacial score (nSPS) is 48.0. The number of likely N-dealkylation sites (N-methyl/N-ethyl adjacent to an activating group) is 1. The summed E-state index contributed by atoms with van der Waals surface area (Å²) in [5, 5.41) is 0. The van der Waals surface area contributed by atoms with Gasteiger partial charge in [0.15, 0.2) is 0 Å². The number of nitrogens with zero attached hydrogens (tertiary/aromatic N) is 1. The van der Waals surface area contributed by atoms with Crippen LogP contribution in [0, 0.1) is 5.92 Å². The van der Waals surface area contributed by atoms with Crippen LogP contribution in [0.15, 0.2) is 0 Å².